The molecule has 1 heterocycles. The van der Waals surface area contributed by atoms with Crippen LogP contribution in [0.3, 0.4) is 0 Å². The summed E-state index contributed by atoms with van der Waals surface area (Å²) >= 11 is 0. The van der Waals surface area contributed by atoms with E-state index >= 15 is 0 Å². The van der Waals surface area contributed by atoms with Crippen LogP contribution in [0.2, 0.25) is 0 Å². The van der Waals surface area contributed by atoms with Crippen LogP contribution in [0.4, 0.5) is 4.39 Å². The predicted octanol–water partition coefficient (Wildman–Crippen LogP) is 2.41. The number of fused-ring (bicyclic) bond motifs is 1. The third-order valence-electron chi connectivity index (χ3n) is 3.31. The molecule has 7 heteroatoms. The van der Waals surface area contributed by atoms with E-state index in [-0.39, 0.29) is 17.0 Å². The van der Waals surface area contributed by atoms with E-state index in [1.165, 1.54) is 48.5 Å². The summed E-state index contributed by atoms with van der Waals surface area (Å²) in [6, 6.07) is 12.8. The summed E-state index contributed by atoms with van der Waals surface area (Å²) in [6.07, 6.45) is 0. The van der Waals surface area contributed by atoms with Gasteiger partial charge in [-0.2, -0.15) is 0 Å². The van der Waals surface area contributed by atoms with Crippen LogP contribution in [-0.4, -0.2) is 8.42 Å². The van der Waals surface area contributed by atoms with E-state index in [2.05, 4.69) is 4.72 Å². The minimum Gasteiger partial charge on any atom is -0.423 e. The first-order valence-corrected chi connectivity index (χ1v) is 8.21. The summed E-state index contributed by atoms with van der Waals surface area (Å²) in [7, 11) is -3.81. The molecular weight excluding hydrogens is 321 g/mol. The van der Waals surface area contributed by atoms with Crippen molar-refractivity contribution in [1.29, 1.82) is 0 Å². The summed E-state index contributed by atoms with van der Waals surface area (Å²) < 4.78 is 45.4. The Kier molecular flexibility index (Phi) is 3.97. The fraction of sp³-hybridized carbons (Fsp3) is 0.0625. The Morgan fingerprint density at radius 1 is 1.04 bits per heavy atom. The maximum absolute atomic E-state index is 13.5. The zero-order valence-electron chi connectivity index (χ0n) is 11.8. The molecule has 0 aliphatic rings. The highest BCUT2D eigenvalue weighted by Crippen LogP contribution is 2.18. The molecule has 3 aromatic rings. The maximum atomic E-state index is 13.5. The average Bonchev–Trinajstić information content (AvgIpc) is 2.53. The van der Waals surface area contributed by atoms with Gasteiger partial charge in [0.2, 0.25) is 10.0 Å². The van der Waals surface area contributed by atoms with Crippen LogP contribution >= 0.6 is 0 Å². The highest BCUT2D eigenvalue weighted by Gasteiger charge is 2.15. The molecule has 0 amide bonds. The van der Waals surface area contributed by atoms with E-state index in [9.17, 15) is 17.6 Å². The fourth-order valence-corrected chi connectivity index (χ4v) is 3.16. The van der Waals surface area contributed by atoms with Crippen molar-refractivity contribution < 1.29 is 17.2 Å². The average molecular weight is 333 g/mol. The third kappa shape index (κ3) is 3.30. The number of nitrogens with one attached hydrogen (secondary N) is 1. The third-order valence-corrected chi connectivity index (χ3v) is 4.71. The van der Waals surface area contributed by atoms with Gasteiger partial charge in [0.25, 0.3) is 0 Å². The molecule has 2 aromatic carbocycles. The van der Waals surface area contributed by atoms with Crippen molar-refractivity contribution in [3.63, 3.8) is 0 Å². The lowest BCUT2D eigenvalue weighted by molar-refractivity contribution is 0.560. The number of hydrogen-bond donors (Lipinski definition) is 1. The topological polar surface area (TPSA) is 76.4 Å². The Labute approximate surface area is 131 Å². The van der Waals surface area contributed by atoms with E-state index in [1.807, 2.05) is 0 Å². The summed E-state index contributed by atoms with van der Waals surface area (Å²) in [4.78, 5) is 11.1. The van der Waals surface area contributed by atoms with Crippen molar-refractivity contribution in [1.82, 2.24) is 4.72 Å². The molecule has 0 saturated carbocycles. The van der Waals surface area contributed by atoms with Gasteiger partial charge >= 0.3 is 5.63 Å². The lowest BCUT2D eigenvalue weighted by Gasteiger charge is -2.08. The zero-order valence-corrected chi connectivity index (χ0v) is 12.6. The molecule has 23 heavy (non-hydrogen) atoms. The van der Waals surface area contributed by atoms with E-state index in [4.69, 9.17) is 4.42 Å². The quantitative estimate of drug-likeness (QED) is 0.744. The van der Waals surface area contributed by atoms with Crippen molar-refractivity contribution >= 4 is 21.0 Å². The van der Waals surface area contributed by atoms with Crippen molar-refractivity contribution in [2.24, 2.45) is 0 Å². The van der Waals surface area contributed by atoms with Gasteiger partial charge in [-0.25, -0.2) is 22.3 Å². The van der Waals surface area contributed by atoms with Crippen LogP contribution < -0.4 is 10.3 Å². The highest BCUT2D eigenvalue weighted by molar-refractivity contribution is 7.89. The second-order valence-electron chi connectivity index (χ2n) is 4.87. The zero-order chi connectivity index (χ0) is 16.4. The van der Waals surface area contributed by atoms with Gasteiger partial charge in [-0.15, -0.1) is 0 Å². The van der Waals surface area contributed by atoms with Crippen LogP contribution in [0.25, 0.3) is 11.0 Å². The first-order valence-electron chi connectivity index (χ1n) is 6.73. The first kappa shape index (κ1) is 15.4. The highest BCUT2D eigenvalue weighted by atomic mass is 32.2. The van der Waals surface area contributed by atoms with E-state index in [1.54, 1.807) is 6.07 Å². The maximum Gasteiger partial charge on any atom is 0.336 e. The van der Waals surface area contributed by atoms with Gasteiger partial charge in [0.15, 0.2) is 0 Å². The molecule has 0 atom stereocenters. The van der Waals surface area contributed by atoms with E-state index < -0.39 is 21.5 Å². The molecule has 3 rings (SSSR count). The Morgan fingerprint density at radius 2 is 1.83 bits per heavy atom. The molecule has 0 spiro atoms. The van der Waals surface area contributed by atoms with Gasteiger partial charge in [-0.05, 0) is 30.3 Å². The van der Waals surface area contributed by atoms with Crippen LogP contribution in [0.5, 0.6) is 0 Å². The predicted molar refractivity (Wildman–Crippen MR) is 82.9 cm³/mol. The number of benzene rings is 2. The van der Waals surface area contributed by atoms with Crippen molar-refractivity contribution in [3.05, 3.63) is 76.4 Å². The molecule has 0 aliphatic carbocycles. The number of halogens is 1. The standard InChI is InChI=1S/C16H12FNO4S/c17-14-4-2-1-3-12(14)10-18-23(20,21)13-6-7-15-11(9-13)5-8-16(19)22-15/h1-9,18H,10H2. The number of sulfonamides is 1. The first-order chi connectivity index (χ1) is 11.0. The van der Waals surface area contributed by atoms with Gasteiger partial charge in [0, 0.05) is 23.6 Å². The monoisotopic (exact) mass is 333 g/mol. The summed E-state index contributed by atoms with van der Waals surface area (Å²) in [5.41, 5.74) is 0.0409. The van der Waals surface area contributed by atoms with Crippen LogP contribution in [0.15, 0.2) is 68.7 Å². The van der Waals surface area contributed by atoms with E-state index in [0.29, 0.717) is 11.0 Å². The Balaban J connectivity index is 1.89. The molecule has 0 unspecified atom stereocenters. The molecule has 1 N–H and O–H groups in total. The van der Waals surface area contributed by atoms with Gasteiger partial charge in [0.1, 0.15) is 11.4 Å². The number of rotatable bonds is 4. The number of hydrogen-bond acceptors (Lipinski definition) is 4. The largest absolute Gasteiger partial charge is 0.423 e. The Morgan fingerprint density at radius 3 is 2.61 bits per heavy atom. The Bertz CT molecular complexity index is 1030. The summed E-state index contributed by atoms with van der Waals surface area (Å²) in [5.74, 6) is -0.476. The second kappa shape index (κ2) is 5.94. The molecule has 0 saturated heterocycles. The fourth-order valence-electron chi connectivity index (χ4n) is 2.11. The lowest BCUT2D eigenvalue weighted by atomic mass is 10.2. The minimum atomic E-state index is -3.81. The smallest absolute Gasteiger partial charge is 0.336 e. The summed E-state index contributed by atoms with van der Waals surface area (Å²) in [5, 5.41) is 0.485. The molecule has 0 fully saturated rings. The minimum absolute atomic E-state index is 0.00943. The molecule has 5 nitrogen and oxygen atoms in total. The van der Waals surface area contributed by atoms with E-state index in [0.717, 1.165) is 0 Å². The molecule has 0 bridgehead atoms. The lowest BCUT2D eigenvalue weighted by Crippen LogP contribution is -2.23. The van der Waals surface area contributed by atoms with Crippen LogP contribution in [-0.2, 0) is 16.6 Å². The van der Waals surface area contributed by atoms with Crippen LogP contribution in [0.1, 0.15) is 5.56 Å². The van der Waals surface area contributed by atoms with Gasteiger partial charge in [-0.1, -0.05) is 18.2 Å². The van der Waals surface area contributed by atoms with Crippen molar-refractivity contribution in [2.45, 2.75) is 11.4 Å². The molecule has 0 aliphatic heterocycles. The van der Waals surface area contributed by atoms with Crippen LogP contribution in [0, 0.1) is 5.82 Å². The molecule has 1 aromatic heterocycles. The molecular formula is C16H12FNO4S. The van der Waals surface area contributed by atoms with Crippen molar-refractivity contribution in [2.75, 3.05) is 0 Å². The Hall–Kier alpha value is -2.51. The summed E-state index contributed by atoms with van der Waals surface area (Å²) in [6.45, 7) is -0.156. The molecule has 118 valence electrons. The van der Waals surface area contributed by atoms with Gasteiger partial charge in [0.05, 0.1) is 4.90 Å². The second-order valence-corrected chi connectivity index (χ2v) is 6.64. The molecule has 0 radical (unpaired) electrons. The van der Waals surface area contributed by atoms with Crippen molar-refractivity contribution in [3.8, 4) is 0 Å². The SMILES string of the molecule is O=c1ccc2cc(S(=O)(=O)NCc3ccccc3F)ccc2o1. The van der Waals surface area contributed by atoms with Gasteiger partial charge < -0.3 is 4.42 Å². The van der Waals surface area contributed by atoms with Gasteiger partial charge in [-0.3, -0.25) is 0 Å². The normalized spacial score (nSPS) is 11.7.